The van der Waals surface area contributed by atoms with E-state index >= 15 is 0 Å². The summed E-state index contributed by atoms with van der Waals surface area (Å²) in [4.78, 5) is 19.3. The first kappa shape index (κ1) is 17.3. The Bertz CT molecular complexity index is 983. The summed E-state index contributed by atoms with van der Waals surface area (Å²) in [5.41, 5.74) is 2.40. The zero-order valence-corrected chi connectivity index (χ0v) is 14.9. The molecule has 3 aromatic rings. The molecule has 0 unspecified atom stereocenters. The van der Waals surface area contributed by atoms with Crippen LogP contribution in [0.4, 0.5) is 14.5 Å². The Balaban J connectivity index is 1.68. The van der Waals surface area contributed by atoms with Crippen LogP contribution in [0, 0.1) is 11.6 Å². The second kappa shape index (κ2) is 6.86. The Hall–Kier alpha value is -3.16. The summed E-state index contributed by atoms with van der Waals surface area (Å²) < 4.78 is 32.6. The largest absolute Gasteiger partial charge is 0.493 e. The number of hydrogen-bond acceptors (Lipinski definition) is 6. The highest BCUT2D eigenvalue weighted by Crippen LogP contribution is 2.36. The van der Waals surface area contributed by atoms with Crippen LogP contribution in [0.5, 0.6) is 5.75 Å². The molecule has 0 fully saturated rings. The summed E-state index contributed by atoms with van der Waals surface area (Å²) in [6, 6.07) is 4.33. The molecule has 1 aliphatic heterocycles. The Morgan fingerprint density at radius 3 is 2.63 bits per heavy atom. The number of aromatic nitrogens is 4. The summed E-state index contributed by atoms with van der Waals surface area (Å²) >= 11 is 0. The minimum Gasteiger partial charge on any atom is -0.493 e. The number of rotatable bonds is 3. The number of halogens is 2. The summed E-state index contributed by atoms with van der Waals surface area (Å²) in [5.74, 6) is -1.08. The average molecular weight is 369 g/mol. The lowest BCUT2D eigenvalue weighted by atomic mass is 9.98. The zero-order valence-electron chi connectivity index (χ0n) is 14.9. The molecular weight excluding hydrogens is 352 g/mol. The SMILES string of the molecule is COc1cc(N2CCc3nc(-c4ncccn4)ncc3[C@H]2C)cc(F)c1F. The molecule has 0 amide bonds. The van der Waals surface area contributed by atoms with Crippen molar-refractivity contribution in [3.63, 3.8) is 0 Å². The minimum absolute atomic E-state index is 0.103. The van der Waals surface area contributed by atoms with Gasteiger partial charge in [-0.1, -0.05) is 0 Å². The topological polar surface area (TPSA) is 64.0 Å². The molecule has 0 N–H and O–H groups in total. The fourth-order valence-electron chi connectivity index (χ4n) is 3.30. The maximum Gasteiger partial charge on any atom is 0.200 e. The lowest BCUT2D eigenvalue weighted by Gasteiger charge is -2.36. The standard InChI is InChI=1S/C19H17F2N5O/c1-11-13-10-24-19(18-22-5-3-6-23-18)25-15(13)4-7-26(11)12-8-14(20)17(21)16(9-12)27-2/h3,5-6,8-11H,4,7H2,1-2H3/t11-/m1/s1. The second-order valence-corrected chi connectivity index (χ2v) is 6.23. The summed E-state index contributed by atoms with van der Waals surface area (Å²) in [7, 11) is 1.32. The van der Waals surface area contributed by atoms with Crippen molar-refractivity contribution in [1.29, 1.82) is 0 Å². The van der Waals surface area contributed by atoms with Crippen molar-refractivity contribution in [2.24, 2.45) is 0 Å². The minimum atomic E-state index is -0.984. The average Bonchev–Trinajstić information content (AvgIpc) is 2.70. The molecule has 3 heterocycles. The van der Waals surface area contributed by atoms with E-state index in [-0.39, 0.29) is 11.8 Å². The van der Waals surface area contributed by atoms with Crippen LogP contribution < -0.4 is 9.64 Å². The fourth-order valence-corrected chi connectivity index (χ4v) is 3.30. The lowest BCUT2D eigenvalue weighted by molar-refractivity contribution is 0.371. The lowest BCUT2D eigenvalue weighted by Crippen LogP contribution is -2.35. The Morgan fingerprint density at radius 1 is 1.11 bits per heavy atom. The molecule has 0 spiro atoms. The number of methoxy groups -OCH3 is 1. The van der Waals surface area contributed by atoms with Crippen molar-refractivity contribution >= 4 is 5.69 Å². The number of benzene rings is 1. The van der Waals surface area contributed by atoms with Crippen LogP contribution in [-0.4, -0.2) is 33.6 Å². The molecule has 0 aliphatic carbocycles. The monoisotopic (exact) mass is 369 g/mol. The van der Waals surface area contributed by atoms with E-state index in [9.17, 15) is 8.78 Å². The molecule has 1 aliphatic rings. The van der Waals surface area contributed by atoms with E-state index in [0.29, 0.717) is 30.3 Å². The van der Waals surface area contributed by atoms with Gasteiger partial charge in [-0.05, 0) is 13.0 Å². The van der Waals surface area contributed by atoms with Crippen LogP contribution in [-0.2, 0) is 6.42 Å². The molecular formula is C19H17F2N5O. The van der Waals surface area contributed by atoms with Gasteiger partial charge in [0.05, 0.1) is 18.8 Å². The molecule has 1 aromatic carbocycles. The molecule has 1 atom stereocenters. The van der Waals surface area contributed by atoms with Gasteiger partial charge >= 0.3 is 0 Å². The maximum absolute atomic E-state index is 13.9. The smallest absolute Gasteiger partial charge is 0.200 e. The fraction of sp³-hybridized carbons (Fsp3) is 0.263. The molecule has 6 nitrogen and oxygen atoms in total. The molecule has 4 rings (SSSR count). The first-order chi connectivity index (χ1) is 13.1. The molecule has 2 aromatic heterocycles. The highest BCUT2D eigenvalue weighted by Gasteiger charge is 2.27. The predicted molar refractivity (Wildman–Crippen MR) is 95.4 cm³/mol. The van der Waals surface area contributed by atoms with Crippen LogP contribution in [0.3, 0.4) is 0 Å². The second-order valence-electron chi connectivity index (χ2n) is 6.23. The van der Waals surface area contributed by atoms with E-state index in [1.54, 1.807) is 24.7 Å². The van der Waals surface area contributed by atoms with Gasteiger partial charge in [-0.15, -0.1) is 0 Å². The molecule has 0 bridgehead atoms. The van der Waals surface area contributed by atoms with E-state index in [2.05, 4.69) is 19.9 Å². The quantitative estimate of drug-likeness (QED) is 0.706. The van der Waals surface area contributed by atoms with Gasteiger partial charge in [0, 0.05) is 54.9 Å². The summed E-state index contributed by atoms with van der Waals surface area (Å²) in [6.07, 6.45) is 5.68. The van der Waals surface area contributed by atoms with Gasteiger partial charge in [0.2, 0.25) is 5.82 Å². The Morgan fingerprint density at radius 2 is 1.89 bits per heavy atom. The van der Waals surface area contributed by atoms with Gasteiger partial charge in [0.15, 0.2) is 23.2 Å². The highest BCUT2D eigenvalue weighted by molar-refractivity contribution is 5.55. The van der Waals surface area contributed by atoms with Crippen molar-refractivity contribution in [3.8, 4) is 17.4 Å². The Labute approximate surface area is 154 Å². The molecule has 8 heteroatoms. The van der Waals surface area contributed by atoms with Crippen molar-refractivity contribution in [2.45, 2.75) is 19.4 Å². The van der Waals surface area contributed by atoms with E-state index in [4.69, 9.17) is 4.74 Å². The molecule has 0 saturated carbocycles. The van der Waals surface area contributed by atoms with Gasteiger partial charge in [0.1, 0.15) is 0 Å². The normalized spacial score (nSPS) is 16.1. The van der Waals surface area contributed by atoms with E-state index in [1.165, 1.54) is 19.2 Å². The van der Waals surface area contributed by atoms with Gasteiger partial charge < -0.3 is 9.64 Å². The predicted octanol–water partition coefficient (Wildman–Crippen LogP) is 3.34. The van der Waals surface area contributed by atoms with Gasteiger partial charge in [0.25, 0.3) is 0 Å². The van der Waals surface area contributed by atoms with Crippen molar-refractivity contribution < 1.29 is 13.5 Å². The van der Waals surface area contributed by atoms with E-state index in [1.807, 2.05) is 11.8 Å². The van der Waals surface area contributed by atoms with Crippen LogP contribution in [0.1, 0.15) is 24.2 Å². The number of fused-ring (bicyclic) bond motifs is 1. The molecule has 27 heavy (non-hydrogen) atoms. The van der Waals surface area contributed by atoms with E-state index in [0.717, 1.165) is 11.3 Å². The maximum atomic E-state index is 13.9. The number of hydrogen-bond donors (Lipinski definition) is 0. The number of nitrogens with zero attached hydrogens (tertiary/aromatic N) is 5. The third-order valence-corrected chi connectivity index (χ3v) is 4.70. The van der Waals surface area contributed by atoms with E-state index < -0.39 is 11.6 Å². The third-order valence-electron chi connectivity index (χ3n) is 4.70. The van der Waals surface area contributed by atoms with Gasteiger partial charge in [-0.3, -0.25) is 0 Å². The summed E-state index contributed by atoms with van der Waals surface area (Å²) in [5, 5.41) is 0. The van der Waals surface area contributed by atoms with Gasteiger partial charge in [-0.2, -0.15) is 4.39 Å². The van der Waals surface area contributed by atoms with Crippen molar-refractivity contribution in [1.82, 2.24) is 19.9 Å². The van der Waals surface area contributed by atoms with Crippen LogP contribution in [0.25, 0.3) is 11.6 Å². The number of anilines is 1. The van der Waals surface area contributed by atoms with Gasteiger partial charge in [-0.25, -0.2) is 24.3 Å². The molecule has 0 radical (unpaired) electrons. The molecule has 0 saturated heterocycles. The first-order valence-electron chi connectivity index (χ1n) is 8.51. The number of ether oxygens (including phenoxy) is 1. The first-order valence-corrected chi connectivity index (χ1v) is 8.51. The van der Waals surface area contributed by atoms with Crippen LogP contribution >= 0.6 is 0 Å². The van der Waals surface area contributed by atoms with Crippen LogP contribution in [0.15, 0.2) is 36.8 Å². The zero-order chi connectivity index (χ0) is 19.0. The Kier molecular flexibility index (Phi) is 4.39. The van der Waals surface area contributed by atoms with Crippen molar-refractivity contribution in [2.75, 3.05) is 18.6 Å². The van der Waals surface area contributed by atoms with Crippen LogP contribution in [0.2, 0.25) is 0 Å². The van der Waals surface area contributed by atoms with Crippen molar-refractivity contribution in [3.05, 3.63) is 59.7 Å². The third kappa shape index (κ3) is 3.07. The highest BCUT2D eigenvalue weighted by atomic mass is 19.2. The molecule has 138 valence electrons. The summed E-state index contributed by atoms with van der Waals surface area (Å²) in [6.45, 7) is 2.59.